The van der Waals surface area contributed by atoms with Crippen molar-refractivity contribution >= 4 is 40.1 Å². The maximum absolute atomic E-state index is 11.9. The van der Waals surface area contributed by atoms with Crippen LogP contribution in [0.2, 0.25) is 0 Å². The summed E-state index contributed by atoms with van der Waals surface area (Å²) in [6.07, 6.45) is 3.16. The second-order valence-electron chi connectivity index (χ2n) is 3.27. The third kappa shape index (κ3) is 3.78. The van der Waals surface area contributed by atoms with E-state index < -0.39 is 0 Å². The van der Waals surface area contributed by atoms with Gasteiger partial charge in [0, 0.05) is 15.3 Å². The van der Waals surface area contributed by atoms with E-state index in [9.17, 15) is 4.79 Å². The molecule has 3 nitrogen and oxygen atoms in total. The summed E-state index contributed by atoms with van der Waals surface area (Å²) >= 11 is 3.64. The van der Waals surface area contributed by atoms with Crippen molar-refractivity contribution in [1.29, 1.82) is 0 Å². The Morgan fingerprint density at radius 1 is 1.24 bits per heavy atom. The molecule has 0 aliphatic carbocycles. The van der Waals surface area contributed by atoms with Crippen molar-refractivity contribution in [3.8, 4) is 0 Å². The first-order valence-corrected chi connectivity index (χ1v) is 7.00. The molecule has 1 heterocycles. The van der Waals surface area contributed by atoms with Crippen LogP contribution in [-0.2, 0) is 0 Å². The first kappa shape index (κ1) is 12.5. The molecular formula is C12H9IN2OS. The number of carbonyl (C=O) groups excluding carboxylic acids is 1. The molecule has 1 aromatic heterocycles. The minimum absolute atomic E-state index is 0.116. The van der Waals surface area contributed by atoms with Gasteiger partial charge in [-0.2, -0.15) is 0 Å². The number of aromatic nitrogens is 2. The zero-order valence-electron chi connectivity index (χ0n) is 8.84. The molecule has 2 aromatic rings. The fourth-order valence-corrected chi connectivity index (χ4v) is 2.31. The molecule has 0 N–H and O–H groups in total. The molecule has 0 saturated heterocycles. The van der Waals surface area contributed by atoms with E-state index >= 15 is 0 Å². The fourth-order valence-electron chi connectivity index (χ4n) is 1.22. The molecule has 0 aliphatic heterocycles. The van der Waals surface area contributed by atoms with E-state index in [0.717, 1.165) is 14.2 Å². The van der Waals surface area contributed by atoms with Crippen molar-refractivity contribution in [3.63, 3.8) is 0 Å². The lowest BCUT2D eigenvalue weighted by molar-refractivity contribution is 0.102. The van der Waals surface area contributed by atoms with E-state index in [1.807, 2.05) is 24.3 Å². The second-order valence-corrected chi connectivity index (χ2v) is 5.51. The minimum Gasteiger partial charge on any atom is -0.293 e. The molecule has 0 amide bonds. The van der Waals surface area contributed by atoms with Gasteiger partial charge in [0.15, 0.2) is 5.78 Å². The molecule has 0 bridgehead atoms. The van der Waals surface area contributed by atoms with Crippen LogP contribution in [0.1, 0.15) is 10.4 Å². The highest BCUT2D eigenvalue weighted by Gasteiger charge is 2.06. The molecule has 0 unspecified atom stereocenters. The number of carbonyl (C=O) groups is 1. The zero-order chi connectivity index (χ0) is 12.1. The lowest BCUT2D eigenvalue weighted by Gasteiger charge is -2.00. The number of hydrogen-bond acceptors (Lipinski definition) is 4. The maximum atomic E-state index is 11.9. The van der Waals surface area contributed by atoms with Gasteiger partial charge in [0.2, 0.25) is 0 Å². The van der Waals surface area contributed by atoms with Crippen LogP contribution in [0.4, 0.5) is 0 Å². The average Bonchev–Trinajstić information content (AvgIpc) is 2.38. The van der Waals surface area contributed by atoms with Crippen LogP contribution < -0.4 is 0 Å². The Balaban J connectivity index is 1.96. The number of ketones is 1. The Bertz CT molecular complexity index is 502. The molecule has 17 heavy (non-hydrogen) atoms. The van der Waals surface area contributed by atoms with Gasteiger partial charge in [-0.25, -0.2) is 9.97 Å². The molecule has 86 valence electrons. The average molecular weight is 356 g/mol. The van der Waals surface area contributed by atoms with E-state index in [2.05, 4.69) is 32.6 Å². The van der Waals surface area contributed by atoms with Crippen molar-refractivity contribution in [2.75, 3.05) is 5.75 Å². The van der Waals surface area contributed by atoms with Gasteiger partial charge >= 0.3 is 0 Å². The summed E-state index contributed by atoms with van der Waals surface area (Å²) < 4.78 is 1.13. The van der Waals surface area contributed by atoms with Gasteiger partial charge in [0.25, 0.3) is 0 Å². The summed E-state index contributed by atoms with van der Waals surface area (Å²) in [4.78, 5) is 19.7. The first-order chi connectivity index (χ1) is 8.25. The highest BCUT2D eigenvalue weighted by molar-refractivity contribution is 14.1. The van der Waals surface area contributed by atoms with E-state index in [1.54, 1.807) is 12.3 Å². The number of benzene rings is 1. The van der Waals surface area contributed by atoms with Crippen LogP contribution in [0, 0.1) is 3.57 Å². The standard InChI is InChI=1S/C12H9IN2OS/c13-10-3-1-9(2-4-10)11(16)7-17-12-5-6-14-8-15-12/h1-6,8H,7H2. The lowest BCUT2D eigenvalue weighted by atomic mass is 10.2. The maximum Gasteiger partial charge on any atom is 0.173 e. The molecule has 5 heteroatoms. The third-order valence-corrected chi connectivity index (χ3v) is 3.74. The number of nitrogens with zero attached hydrogens (tertiary/aromatic N) is 2. The Morgan fingerprint density at radius 2 is 2.00 bits per heavy atom. The molecule has 2 rings (SSSR count). The van der Waals surface area contributed by atoms with Crippen molar-refractivity contribution in [1.82, 2.24) is 9.97 Å². The largest absolute Gasteiger partial charge is 0.293 e. The van der Waals surface area contributed by atoms with Crippen molar-refractivity contribution < 1.29 is 4.79 Å². The molecular weight excluding hydrogens is 347 g/mol. The van der Waals surface area contributed by atoms with E-state index in [0.29, 0.717) is 5.75 Å². The topological polar surface area (TPSA) is 42.9 Å². The van der Waals surface area contributed by atoms with Crippen LogP contribution in [0.15, 0.2) is 47.9 Å². The molecule has 0 spiro atoms. The zero-order valence-corrected chi connectivity index (χ0v) is 11.8. The molecule has 1 aromatic carbocycles. The Morgan fingerprint density at radius 3 is 2.65 bits per heavy atom. The quantitative estimate of drug-likeness (QED) is 0.366. The summed E-state index contributed by atoms with van der Waals surface area (Å²) in [5, 5.41) is 0.818. The minimum atomic E-state index is 0.116. The van der Waals surface area contributed by atoms with Crippen LogP contribution >= 0.6 is 34.4 Å². The van der Waals surface area contributed by atoms with Gasteiger partial charge in [-0.15, -0.1) is 0 Å². The van der Waals surface area contributed by atoms with E-state index in [4.69, 9.17) is 0 Å². The number of hydrogen-bond donors (Lipinski definition) is 0. The van der Waals surface area contributed by atoms with Gasteiger partial charge < -0.3 is 0 Å². The van der Waals surface area contributed by atoms with E-state index in [-0.39, 0.29) is 5.78 Å². The number of halogens is 1. The summed E-state index contributed by atoms with van der Waals surface area (Å²) in [6, 6.07) is 9.37. The number of thioether (sulfide) groups is 1. The monoisotopic (exact) mass is 356 g/mol. The van der Waals surface area contributed by atoms with Crippen molar-refractivity contribution in [2.45, 2.75) is 5.03 Å². The normalized spacial score (nSPS) is 10.2. The summed E-state index contributed by atoms with van der Waals surface area (Å²) in [5.74, 6) is 0.516. The van der Waals surface area contributed by atoms with Crippen LogP contribution in [0.3, 0.4) is 0 Å². The molecule has 0 atom stereocenters. The van der Waals surface area contributed by atoms with Gasteiger partial charge in [-0.05, 0) is 40.8 Å². The molecule has 0 saturated carbocycles. The van der Waals surface area contributed by atoms with Gasteiger partial charge in [0.1, 0.15) is 6.33 Å². The molecule has 0 fully saturated rings. The third-order valence-electron chi connectivity index (χ3n) is 2.07. The van der Waals surface area contributed by atoms with Gasteiger partial charge in [-0.1, -0.05) is 23.9 Å². The molecule has 0 radical (unpaired) electrons. The fraction of sp³-hybridized carbons (Fsp3) is 0.0833. The summed E-state index contributed by atoms with van der Waals surface area (Å²) in [7, 11) is 0. The second kappa shape index (κ2) is 6.11. The summed E-state index contributed by atoms with van der Waals surface area (Å²) in [6.45, 7) is 0. The van der Waals surface area contributed by atoms with Gasteiger partial charge in [-0.3, -0.25) is 4.79 Å². The first-order valence-electron chi connectivity index (χ1n) is 4.93. The van der Waals surface area contributed by atoms with Crippen LogP contribution in [0.5, 0.6) is 0 Å². The smallest absolute Gasteiger partial charge is 0.173 e. The predicted molar refractivity (Wildman–Crippen MR) is 76.2 cm³/mol. The summed E-state index contributed by atoms with van der Waals surface area (Å²) in [5.41, 5.74) is 0.743. The lowest BCUT2D eigenvalue weighted by Crippen LogP contribution is -2.02. The highest BCUT2D eigenvalue weighted by atomic mass is 127. The van der Waals surface area contributed by atoms with Crippen molar-refractivity contribution in [3.05, 3.63) is 52.0 Å². The highest BCUT2D eigenvalue weighted by Crippen LogP contribution is 2.16. The van der Waals surface area contributed by atoms with Crippen molar-refractivity contribution in [2.24, 2.45) is 0 Å². The predicted octanol–water partition coefficient (Wildman–Crippen LogP) is 3.06. The van der Waals surface area contributed by atoms with Crippen LogP contribution in [-0.4, -0.2) is 21.5 Å². The Kier molecular flexibility index (Phi) is 4.49. The Labute approximate surface area is 117 Å². The number of rotatable bonds is 4. The molecule has 0 aliphatic rings. The Hall–Kier alpha value is -0.950. The van der Waals surface area contributed by atoms with Crippen LogP contribution in [0.25, 0.3) is 0 Å². The SMILES string of the molecule is O=C(CSc1ccncn1)c1ccc(I)cc1. The number of Topliss-reactive ketones (excluding diaryl/α,β-unsaturated/α-hetero) is 1. The van der Waals surface area contributed by atoms with E-state index in [1.165, 1.54) is 18.1 Å². The van der Waals surface area contributed by atoms with Gasteiger partial charge in [0.05, 0.1) is 10.8 Å².